The fraction of sp³-hybridized carbons (Fsp3) is 0.273. The first-order valence-electron chi connectivity index (χ1n) is 4.67. The van der Waals surface area contributed by atoms with E-state index in [1.165, 1.54) is 12.1 Å². The molecule has 0 saturated heterocycles. The van der Waals surface area contributed by atoms with Gasteiger partial charge in [-0.15, -0.1) is 0 Å². The molecule has 3 heteroatoms. The summed E-state index contributed by atoms with van der Waals surface area (Å²) in [6.07, 6.45) is 0.153. The van der Waals surface area contributed by atoms with Crippen LogP contribution in [0.15, 0.2) is 24.3 Å². The Bertz CT molecular complexity index is 449. The Balaban J connectivity index is 2.51. The first kappa shape index (κ1) is 9.21. The number of aliphatic hydroxyl groups excluding tert-OH is 1. The minimum atomic E-state index is -0.495. The van der Waals surface area contributed by atoms with Gasteiger partial charge < -0.3 is 10.1 Å². The molecule has 2 nitrogen and oxygen atoms in total. The standard InChI is InChI=1S/C11H12FNO/c1-2-11(14)10-6-7-5-8(12)3-4-9(7)13-10/h3-6,11,13-14H,2H2,1H3. The zero-order chi connectivity index (χ0) is 10.1. The number of fused-ring (bicyclic) bond motifs is 1. The molecule has 0 bridgehead atoms. The predicted molar refractivity (Wildman–Crippen MR) is 53.5 cm³/mol. The zero-order valence-corrected chi connectivity index (χ0v) is 7.92. The second-order valence-electron chi connectivity index (χ2n) is 3.38. The third kappa shape index (κ3) is 1.51. The van der Waals surface area contributed by atoms with Crippen LogP contribution in [0.2, 0.25) is 0 Å². The molecule has 1 heterocycles. The second kappa shape index (κ2) is 3.42. The van der Waals surface area contributed by atoms with Gasteiger partial charge in [-0.3, -0.25) is 0 Å². The summed E-state index contributed by atoms with van der Waals surface area (Å²) < 4.78 is 12.9. The number of H-pyrrole nitrogens is 1. The molecule has 0 saturated carbocycles. The highest BCUT2D eigenvalue weighted by atomic mass is 19.1. The van der Waals surface area contributed by atoms with E-state index in [2.05, 4.69) is 4.98 Å². The van der Waals surface area contributed by atoms with E-state index in [0.29, 0.717) is 6.42 Å². The Morgan fingerprint density at radius 1 is 1.43 bits per heavy atom. The summed E-state index contributed by atoms with van der Waals surface area (Å²) in [7, 11) is 0. The number of nitrogens with one attached hydrogen (secondary N) is 1. The minimum absolute atomic E-state index is 0.256. The lowest BCUT2D eigenvalue weighted by molar-refractivity contribution is 0.170. The second-order valence-corrected chi connectivity index (χ2v) is 3.38. The number of hydrogen-bond donors (Lipinski definition) is 2. The quantitative estimate of drug-likeness (QED) is 0.755. The number of aromatic nitrogens is 1. The highest BCUT2D eigenvalue weighted by Gasteiger charge is 2.08. The van der Waals surface area contributed by atoms with Gasteiger partial charge in [0.15, 0.2) is 0 Å². The van der Waals surface area contributed by atoms with E-state index in [1.54, 1.807) is 12.1 Å². The molecule has 1 aromatic carbocycles. The monoisotopic (exact) mass is 193 g/mol. The van der Waals surface area contributed by atoms with E-state index in [4.69, 9.17) is 0 Å². The summed E-state index contributed by atoms with van der Waals surface area (Å²) in [5.74, 6) is -0.256. The van der Waals surface area contributed by atoms with E-state index >= 15 is 0 Å². The van der Waals surface area contributed by atoms with Crippen LogP contribution < -0.4 is 0 Å². The van der Waals surface area contributed by atoms with Crippen molar-refractivity contribution in [3.05, 3.63) is 35.8 Å². The maximum Gasteiger partial charge on any atom is 0.123 e. The number of aromatic amines is 1. The van der Waals surface area contributed by atoms with E-state index in [0.717, 1.165) is 16.6 Å². The third-order valence-corrected chi connectivity index (χ3v) is 2.35. The van der Waals surface area contributed by atoms with Crippen LogP contribution in [0.5, 0.6) is 0 Å². The molecule has 1 unspecified atom stereocenters. The van der Waals surface area contributed by atoms with Crippen molar-refractivity contribution in [1.82, 2.24) is 4.98 Å². The van der Waals surface area contributed by atoms with Gasteiger partial charge >= 0.3 is 0 Å². The van der Waals surface area contributed by atoms with Crippen molar-refractivity contribution in [3.8, 4) is 0 Å². The first-order valence-corrected chi connectivity index (χ1v) is 4.67. The van der Waals surface area contributed by atoms with Crippen LogP contribution >= 0.6 is 0 Å². The molecule has 2 rings (SSSR count). The van der Waals surface area contributed by atoms with Crippen molar-refractivity contribution in [1.29, 1.82) is 0 Å². The smallest absolute Gasteiger partial charge is 0.123 e. The molecule has 0 aliphatic rings. The molecule has 0 aliphatic heterocycles. The molecule has 0 radical (unpaired) electrons. The predicted octanol–water partition coefficient (Wildman–Crippen LogP) is 2.75. The Morgan fingerprint density at radius 3 is 2.93 bits per heavy atom. The maximum atomic E-state index is 12.9. The molecule has 2 aromatic rings. The van der Waals surface area contributed by atoms with Gasteiger partial charge in [-0.1, -0.05) is 6.92 Å². The fourth-order valence-corrected chi connectivity index (χ4v) is 1.53. The van der Waals surface area contributed by atoms with Gasteiger partial charge in [0.1, 0.15) is 5.82 Å². The number of benzene rings is 1. The minimum Gasteiger partial charge on any atom is -0.387 e. The van der Waals surface area contributed by atoms with Gasteiger partial charge in [-0.25, -0.2) is 4.39 Å². The average molecular weight is 193 g/mol. The molecule has 0 aliphatic carbocycles. The number of rotatable bonds is 2. The fourth-order valence-electron chi connectivity index (χ4n) is 1.53. The summed E-state index contributed by atoms with van der Waals surface area (Å²) in [4.78, 5) is 3.06. The number of aliphatic hydroxyl groups is 1. The summed E-state index contributed by atoms with van der Waals surface area (Å²) >= 11 is 0. The Hall–Kier alpha value is -1.35. The van der Waals surface area contributed by atoms with Crippen molar-refractivity contribution < 1.29 is 9.50 Å². The average Bonchev–Trinajstić information content (AvgIpc) is 2.59. The largest absolute Gasteiger partial charge is 0.387 e. The van der Waals surface area contributed by atoms with Crippen LogP contribution in [0, 0.1) is 5.82 Å². The van der Waals surface area contributed by atoms with Crippen LogP contribution in [-0.2, 0) is 0 Å². The van der Waals surface area contributed by atoms with Gasteiger partial charge in [0, 0.05) is 16.6 Å². The molecule has 1 atom stereocenters. The Kier molecular flexibility index (Phi) is 2.25. The number of halogens is 1. The summed E-state index contributed by atoms with van der Waals surface area (Å²) in [6.45, 7) is 1.90. The van der Waals surface area contributed by atoms with E-state index in [9.17, 15) is 9.50 Å². The van der Waals surface area contributed by atoms with E-state index < -0.39 is 6.10 Å². The molecule has 0 spiro atoms. The summed E-state index contributed by atoms with van der Waals surface area (Å²) in [5.41, 5.74) is 1.60. The van der Waals surface area contributed by atoms with Crippen molar-refractivity contribution in [2.24, 2.45) is 0 Å². The van der Waals surface area contributed by atoms with Crippen LogP contribution in [0.1, 0.15) is 25.1 Å². The van der Waals surface area contributed by atoms with Gasteiger partial charge in [-0.05, 0) is 30.7 Å². The van der Waals surface area contributed by atoms with Crippen molar-refractivity contribution in [2.45, 2.75) is 19.4 Å². The summed E-state index contributed by atoms with van der Waals surface area (Å²) in [6, 6.07) is 6.32. The van der Waals surface area contributed by atoms with Crippen LogP contribution in [-0.4, -0.2) is 10.1 Å². The molecule has 0 amide bonds. The van der Waals surface area contributed by atoms with Gasteiger partial charge in [0.05, 0.1) is 6.10 Å². The van der Waals surface area contributed by atoms with Crippen LogP contribution in [0.4, 0.5) is 4.39 Å². The van der Waals surface area contributed by atoms with Gasteiger partial charge in [-0.2, -0.15) is 0 Å². The molecular formula is C11H12FNO. The highest BCUT2D eigenvalue weighted by molar-refractivity contribution is 5.80. The maximum absolute atomic E-state index is 12.9. The SMILES string of the molecule is CCC(O)c1cc2cc(F)ccc2[nH]1. The first-order chi connectivity index (χ1) is 6.70. The lowest BCUT2D eigenvalue weighted by atomic mass is 10.2. The van der Waals surface area contributed by atoms with Crippen molar-refractivity contribution >= 4 is 10.9 Å². The topological polar surface area (TPSA) is 36.0 Å². The highest BCUT2D eigenvalue weighted by Crippen LogP contribution is 2.22. The number of hydrogen-bond acceptors (Lipinski definition) is 1. The Morgan fingerprint density at radius 2 is 2.21 bits per heavy atom. The molecule has 74 valence electrons. The molecule has 14 heavy (non-hydrogen) atoms. The molecule has 1 aromatic heterocycles. The van der Waals surface area contributed by atoms with Gasteiger partial charge in [0.25, 0.3) is 0 Å². The van der Waals surface area contributed by atoms with E-state index in [-0.39, 0.29) is 5.82 Å². The van der Waals surface area contributed by atoms with E-state index in [1.807, 2.05) is 6.92 Å². The van der Waals surface area contributed by atoms with Crippen molar-refractivity contribution in [2.75, 3.05) is 0 Å². The Labute approximate surface area is 81.4 Å². The zero-order valence-electron chi connectivity index (χ0n) is 7.92. The third-order valence-electron chi connectivity index (χ3n) is 2.35. The summed E-state index contributed by atoms with van der Waals surface area (Å²) in [5, 5.41) is 10.4. The van der Waals surface area contributed by atoms with Crippen LogP contribution in [0.3, 0.4) is 0 Å². The van der Waals surface area contributed by atoms with Gasteiger partial charge in [0.2, 0.25) is 0 Å². The van der Waals surface area contributed by atoms with Crippen molar-refractivity contribution in [3.63, 3.8) is 0 Å². The lowest BCUT2D eigenvalue weighted by Gasteiger charge is -2.02. The normalized spacial score (nSPS) is 13.4. The van der Waals surface area contributed by atoms with Crippen LogP contribution in [0.25, 0.3) is 10.9 Å². The lowest BCUT2D eigenvalue weighted by Crippen LogP contribution is -1.93. The molecular weight excluding hydrogens is 181 g/mol. The molecule has 2 N–H and O–H groups in total. The molecule has 0 fully saturated rings.